The lowest BCUT2D eigenvalue weighted by molar-refractivity contribution is -0.138. The van der Waals surface area contributed by atoms with Gasteiger partial charge >= 0.3 is 5.97 Å². The van der Waals surface area contributed by atoms with E-state index < -0.39 is 0 Å². The molecule has 45 heavy (non-hydrogen) atoms. The Kier molecular flexibility index (Phi) is 288. The first kappa shape index (κ1) is 96.8. The van der Waals surface area contributed by atoms with Crippen molar-refractivity contribution in [1.82, 2.24) is 15.1 Å². The van der Waals surface area contributed by atoms with Crippen molar-refractivity contribution in [2.24, 2.45) is 0 Å². The summed E-state index contributed by atoms with van der Waals surface area (Å²) in [7, 11) is 12.4. The number of esters is 1. The molecule has 0 radical (unpaired) electrons. The fourth-order valence-electron chi connectivity index (χ4n) is 0. The van der Waals surface area contributed by atoms with E-state index in [2.05, 4.69) is 37.7 Å². The molecule has 0 saturated heterocycles. The molecule has 290 valence electrons. The highest BCUT2D eigenvalue weighted by Crippen LogP contribution is 1.69. The molecule has 0 aromatic rings. The van der Waals surface area contributed by atoms with Crippen LogP contribution in [0.5, 0.6) is 0 Å². The first-order chi connectivity index (χ1) is 19.2. The Labute approximate surface area is 289 Å². The Hall–Kier alpha value is -2.29. The summed E-state index contributed by atoms with van der Waals surface area (Å²) < 4.78 is 4.11. The van der Waals surface area contributed by atoms with Gasteiger partial charge in [0, 0.05) is 41.9 Å². The molecule has 0 atom stereocenters. The van der Waals surface area contributed by atoms with Crippen molar-refractivity contribution in [2.75, 3.05) is 49.4 Å². The summed E-state index contributed by atoms with van der Waals surface area (Å²) in [6.07, 6.45) is 2.50. The highest BCUT2D eigenvalue weighted by molar-refractivity contribution is 5.73. The second kappa shape index (κ2) is 134. The molecule has 0 rings (SSSR count). The summed E-state index contributed by atoms with van der Waals surface area (Å²) >= 11 is 0. The Morgan fingerprint density at radius 1 is 0.533 bits per heavy atom. The van der Waals surface area contributed by atoms with Crippen molar-refractivity contribution < 1.29 is 28.7 Å². The molecule has 0 bridgehead atoms. The van der Waals surface area contributed by atoms with Crippen LogP contribution in [0.25, 0.3) is 0 Å². The molecule has 0 aliphatic rings. The molecule has 0 heterocycles. The fraction of sp³-hybridized carbons (Fsp3) is 0.861. The van der Waals surface area contributed by atoms with Crippen LogP contribution in [-0.4, -0.2) is 88.5 Å². The minimum absolute atomic E-state index is 0. The smallest absolute Gasteiger partial charge is 0.302 e. The molecule has 0 aromatic carbocycles. The zero-order valence-electron chi connectivity index (χ0n) is 33.8. The molecule has 9 heteroatoms. The third-order valence-corrected chi connectivity index (χ3v) is 1.27. The third kappa shape index (κ3) is 2020. The molecular weight excluding hydrogens is 570 g/mol. The predicted octanol–water partition coefficient (Wildman–Crippen LogP) is 10.2. The zero-order valence-corrected chi connectivity index (χ0v) is 33.8. The van der Waals surface area contributed by atoms with E-state index in [1.54, 1.807) is 21.1 Å². The number of Topliss-reactive ketones (excluding diaryl/α,β-unsaturated/α-hetero) is 2. The summed E-state index contributed by atoms with van der Waals surface area (Å²) in [5.74, 6) is 0.185. The van der Waals surface area contributed by atoms with Crippen LogP contribution in [0.1, 0.15) is 167 Å². The maximum atomic E-state index is 10.1. The van der Waals surface area contributed by atoms with E-state index in [4.69, 9.17) is 0 Å². The van der Waals surface area contributed by atoms with Gasteiger partial charge in [-0.2, -0.15) is 0 Å². The molecule has 0 aromatic heterocycles. The Morgan fingerprint density at radius 2 is 0.600 bits per heavy atom. The third-order valence-electron chi connectivity index (χ3n) is 1.27. The monoisotopic (exact) mass is 666 g/mol. The van der Waals surface area contributed by atoms with Crippen LogP contribution in [-0.2, 0) is 28.7 Å². The molecule has 0 unspecified atom stereocenters. The van der Waals surface area contributed by atoms with Crippen LogP contribution in [0.4, 0.5) is 0 Å². The van der Waals surface area contributed by atoms with E-state index in [0.29, 0.717) is 0 Å². The second-order valence-corrected chi connectivity index (χ2v) is 7.49. The first-order valence-corrected chi connectivity index (χ1v) is 15.2. The number of amides is 2. The summed E-state index contributed by atoms with van der Waals surface area (Å²) in [4.78, 5) is 51.8. The summed E-state index contributed by atoms with van der Waals surface area (Å²) in [5, 5.41) is 2.39. The average molecular weight is 666 g/mol. The zero-order chi connectivity index (χ0) is 37.9. The van der Waals surface area contributed by atoms with E-state index >= 15 is 0 Å². The van der Waals surface area contributed by atoms with Crippen LogP contribution in [0.15, 0.2) is 0 Å². The lowest BCUT2D eigenvalue weighted by Crippen LogP contribution is -2.17. The number of nitrogens with one attached hydrogen (secondary N) is 1. The van der Waals surface area contributed by atoms with Gasteiger partial charge in [-0.25, -0.2) is 0 Å². The van der Waals surface area contributed by atoms with Crippen LogP contribution < -0.4 is 5.32 Å². The molecule has 0 aliphatic heterocycles. The van der Waals surface area contributed by atoms with E-state index in [0.717, 1.165) is 0 Å². The number of hydrogen-bond acceptors (Lipinski definition) is 7. The fourth-order valence-corrected chi connectivity index (χ4v) is 0. The number of carbonyl (C=O) groups is 5. The van der Waals surface area contributed by atoms with Gasteiger partial charge in [0.05, 0.1) is 7.11 Å². The largest absolute Gasteiger partial charge is 0.469 e. The summed E-state index contributed by atoms with van der Waals surface area (Å²) in [5.41, 5.74) is 0. The van der Waals surface area contributed by atoms with Gasteiger partial charge in [-0.1, -0.05) is 118 Å². The number of carbonyl (C=O) groups excluding carboxylic acids is 5. The maximum absolute atomic E-state index is 10.1. The van der Waals surface area contributed by atoms with E-state index in [1.807, 2.05) is 81.4 Å². The highest BCUT2D eigenvalue weighted by Gasteiger charge is 1.87. The number of methoxy groups -OCH3 is 1. The van der Waals surface area contributed by atoms with Crippen molar-refractivity contribution in [3.05, 3.63) is 0 Å². The Balaban J connectivity index is -0.0000000170. The molecule has 0 aliphatic carbocycles. The van der Waals surface area contributed by atoms with Crippen LogP contribution in [0.3, 0.4) is 0 Å². The molecule has 0 fully saturated rings. The topological polar surface area (TPSA) is 113 Å². The number of hydrogen-bond donors (Lipinski definition) is 1. The number of nitrogens with zero attached hydrogens (tertiary/aromatic N) is 2. The van der Waals surface area contributed by atoms with Gasteiger partial charge in [-0.15, -0.1) is 0 Å². The lowest BCUT2D eigenvalue weighted by atomic mass is 10.6. The molecular formula is C36H95N3O6. The molecule has 0 saturated carbocycles. The molecule has 2 amide bonds. The lowest BCUT2D eigenvalue weighted by Gasteiger charge is -2.02. The van der Waals surface area contributed by atoms with Gasteiger partial charge in [-0.05, 0) is 48.8 Å². The highest BCUT2D eigenvalue weighted by atomic mass is 16.5. The van der Waals surface area contributed by atoms with Crippen molar-refractivity contribution in [1.29, 1.82) is 0 Å². The summed E-state index contributed by atoms with van der Waals surface area (Å²) in [6.45, 7) is 35.0. The Morgan fingerprint density at radius 3 is 0.600 bits per heavy atom. The normalized spacial score (nSPS) is 5.84. The van der Waals surface area contributed by atoms with Gasteiger partial charge in [0.15, 0.2) is 0 Å². The molecule has 0 spiro atoms. The van der Waals surface area contributed by atoms with Gasteiger partial charge in [0.25, 0.3) is 0 Å². The van der Waals surface area contributed by atoms with Crippen LogP contribution in [0.2, 0.25) is 0 Å². The second-order valence-electron chi connectivity index (χ2n) is 7.49. The average Bonchev–Trinajstić information content (AvgIpc) is 2.89. The van der Waals surface area contributed by atoms with Crippen molar-refractivity contribution in [3.8, 4) is 0 Å². The van der Waals surface area contributed by atoms with E-state index in [-0.39, 0.29) is 51.6 Å². The van der Waals surface area contributed by atoms with Gasteiger partial charge in [-0.3, -0.25) is 14.4 Å². The number of ether oxygens (including phenoxy) is 1. The van der Waals surface area contributed by atoms with Crippen molar-refractivity contribution >= 4 is 29.4 Å². The quantitative estimate of drug-likeness (QED) is 0.256. The minimum Gasteiger partial charge on any atom is -0.469 e. The van der Waals surface area contributed by atoms with Crippen molar-refractivity contribution in [2.45, 2.75) is 167 Å². The van der Waals surface area contributed by atoms with E-state index in [1.165, 1.54) is 73.3 Å². The minimum atomic E-state index is -0.245. The first-order valence-electron chi connectivity index (χ1n) is 15.2. The standard InChI is InChI=1S/C4H9NO.C3H7NO.C3H9N.C3H6O2.2C3H6O.2C3H8.4C2H6.3CH4/c1-4(6)5(2)3;1-3(5)4-2;1-4(2)3;1-3(4)5-2;2*1-3(2)4;2*1-3-2;4*1-2;;;/h1-3H3;1-2H3,(H,4,5);1-3H3;1-2H3;2*1-2H3;2*3H2,1-2H3;4*1-2H3;3*1H4. The van der Waals surface area contributed by atoms with Crippen molar-refractivity contribution in [3.63, 3.8) is 0 Å². The maximum Gasteiger partial charge on any atom is 0.302 e. The number of rotatable bonds is 0. The Bertz CT molecular complexity index is 404. The molecule has 1 N–H and O–H groups in total. The molecule has 9 nitrogen and oxygen atoms in total. The van der Waals surface area contributed by atoms with Crippen LogP contribution >= 0.6 is 0 Å². The van der Waals surface area contributed by atoms with Gasteiger partial charge in [0.2, 0.25) is 11.8 Å². The SMILES string of the molecule is C.C.C.CC.CC.CC.CC.CC(=O)N(C)C.CC(C)=O.CC(C)=O.CCC.CCC.CN(C)C.CNC(C)=O.COC(C)=O. The van der Waals surface area contributed by atoms with Gasteiger partial charge < -0.3 is 29.4 Å². The summed E-state index contributed by atoms with van der Waals surface area (Å²) in [6, 6.07) is 0. The van der Waals surface area contributed by atoms with Crippen LogP contribution in [0, 0.1) is 0 Å². The number of ketones is 2. The van der Waals surface area contributed by atoms with Gasteiger partial charge in [0.1, 0.15) is 11.6 Å². The predicted molar refractivity (Wildman–Crippen MR) is 212 cm³/mol. The van der Waals surface area contributed by atoms with E-state index in [9.17, 15) is 24.0 Å².